The van der Waals surface area contributed by atoms with Crippen LogP contribution in [0.4, 0.5) is 0 Å². The standard InChI is InChI=1S/C23H32N4O3S2/c1-18(27-32(29,30)20-10-6-3-7-11-20)25-21(16-19-8-4-2-5-9-19)22(28)26-23(17-24)12-14-31-15-13-23/h3,6-7,10-11,19,21H,2,4-5,8-9,12-16H2,1H3,(H,25,27)(H,26,28)/t21-/m0/s1. The average molecular weight is 477 g/mol. The third kappa shape index (κ3) is 6.72. The van der Waals surface area contributed by atoms with Gasteiger partial charge in [0.15, 0.2) is 0 Å². The van der Waals surface area contributed by atoms with E-state index < -0.39 is 21.6 Å². The fraction of sp³-hybridized carbons (Fsp3) is 0.609. The Morgan fingerprint density at radius 3 is 2.50 bits per heavy atom. The molecule has 1 aliphatic carbocycles. The SMILES string of the molecule is CC(=N[C@@H](CC1CCCCC1)C(=O)NC1(C#N)CCSCC1)NS(=O)(=O)c1ccccc1. The molecule has 1 amide bonds. The molecule has 1 saturated carbocycles. The Morgan fingerprint density at radius 1 is 1.22 bits per heavy atom. The van der Waals surface area contributed by atoms with E-state index in [1.807, 2.05) is 0 Å². The van der Waals surface area contributed by atoms with Crippen LogP contribution in [-0.2, 0) is 14.8 Å². The summed E-state index contributed by atoms with van der Waals surface area (Å²) in [6.07, 6.45) is 7.37. The number of nitrogens with one attached hydrogen (secondary N) is 2. The van der Waals surface area contributed by atoms with E-state index in [2.05, 4.69) is 21.1 Å². The zero-order valence-corrected chi connectivity index (χ0v) is 20.2. The van der Waals surface area contributed by atoms with Gasteiger partial charge in [-0.15, -0.1) is 0 Å². The van der Waals surface area contributed by atoms with Crippen molar-refractivity contribution in [2.45, 2.75) is 74.8 Å². The lowest BCUT2D eigenvalue weighted by atomic mass is 9.84. The molecule has 1 aromatic carbocycles. The van der Waals surface area contributed by atoms with Crippen LogP contribution >= 0.6 is 11.8 Å². The second kappa shape index (κ2) is 11.2. The molecule has 1 aliphatic heterocycles. The van der Waals surface area contributed by atoms with E-state index >= 15 is 0 Å². The molecule has 2 N–H and O–H groups in total. The van der Waals surface area contributed by atoms with Crippen LogP contribution in [0.15, 0.2) is 40.2 Å². The first-order chi connectivity index (χ1) is 15.3. The molecule has 3 rings (SSSR count). The van der Waals surface area contributed by atoms with Crippen molar-refractivity contribution in [3.63, 3.8) is 0 Å². The molecule has 1 heterocycles. The highest BCUT2D eigenvalue weighted by Gasteiger charge is 2.36. The molecule has 0 spiro atoms. The molecular formula is C23H32N4O3S2. The predicted molar refractivity (Wildman–Crippen MR) is 128 cm³/mol. The molecule has 7 nitrogen and oxygen atoms in total. The van der Waals surface area contributed by atoms with Gasteiger partial charge in [0, 0.05) is 0 Å². The van der Waals surface area contributed by atoms with Crippen molar-refractivity contribution >= 4 is 33.5 Å². The summed E-state index contributed by atoms with van der Waals surface area (Å²) in [5.74, 6) is 1.93. The Morgan fingerprint density at radius 2 is 1.88 bits per heavy atom. The molecular weight excluding hydrogens is 444 g/mol. The summed E-state index contributed by atoms with van der Waals surface area (Å²) in [6, 6.07) is 9.68. The van der Waals surface area contributed by atoms with Crippen molar-refractivity contribution in [3.8, 4) is 6.07 Å². The van der Waals surface area contributed by atoms with Crippen LogP contribution in [0.1, 0.15) is 58.3 Å². The Kier molecular flexibility index (Phi) is 8.60. The number of amides is 1. The monoisotopic (exact) mass is 476 g/mol. The summed E-state index contributed by atoms with van der Waals surface area (Å²) >= 11 is 1.78. The van der Waals surface area contributed by atoms with Gasteiger partial charge in [-0.3, -0.25) is 14.5 Å². The first-order valence-corrected chi connectivity index (χ1v) is 13.9. The molecule has 9 heteroatoms. The lowest BCUT2D eigenvalue weighted by molar-refractivity contribution is -0.124. The highest BCUT2D eigenvalue weighted by molar-refractivity contribution is 7.99. The molecule has 0 aromatic heterocycles. The third-order valence-corrected chi connectivity index (χ3v) is 8.63. The van der Waals surface area contributed by atoms with E-state index in [-0.39, 0.29) is 16.6 Å². The fourth-order valence-electron chi connectivity index (χ4n) is 4.37. The van der Waals surface area contributed by atoms with Crippen molar-refractivity contribution in [3.05, 3.63) is 30.3 Å². The van der Waals surface area contributed by atoms with Crippen LogP contribution < -0.4 is 10.0 Å². The molecule has 1 atom stereocenters. The molecule has 0 radical (unpaired) electrons. The summed E-state index contributed by atoms with van der Waals surface area (Å²) in [4.78, 5) is 17.9. The quantitative estimate of drug-likeness (QED) is 0.461. The number of hydrogen-bond acceptors (Lipinski definition) is 6. The van der Waals surface area contributed by atoms with Crippen LogP contribution in [-0.4, -0.2) is 43.2 Å². The van der Waals surface area contributed by atoms with Gasteiger partial charge in [-0.05, 0) is 55.7 Å². The molecule has 1 saturated heterocycles. The maximum absolute atomic E-state index is 13.3. The molecule has 32 heavy (non-hydrogen) atoms. The first-order valence-electron chi connectivity index (χ1n) is 11.3. The van der Waals surface area contributed by atoms with Crippen LogP contribution in [0, 0.1) is 17.2 Å². The van der Waals surface area contributed by atoms with Gasteiger partial charge in [0.05, 0.1) is 11.0 Å². The minimum Gasteiger partial charge on any atom is -0.336 e. The highest BCUT2D eigenvalue weighted by Crippen LogP contribution is 2.30. The summed E-state index contributed by atoms with van der Waals surface area (Å²) in [6.45, 7) is 1.57. The number of thioether (sulfide) groups is 1. The number of amidine groups is 1. The number of hydrogen-bond donors (Lipinski definition) is 2. The van der Waals surface area contributed by atoms with Gasteiger partial charge in [0.25, 0.3) is 10.0 Å². The van der Waals surface area contributed by atoms with Crippen LogP contribution in [0.3, 0.4) is 0 Å². The predicted octanol–water partition coefficient (Wildman–Crippen LogP) is 3.63. The molecule has 2 aliphatic rings. The number of benzene rings is 1. The molecule has 0 unspecified atom stereocenters. The number of nitriles is 1. The van der Waals surface area contributed by atoms with Crippen LogP contribution in [0.5, 0.6) is 0 Å². The van der Waals surface area contributed by atoms with E-state index in [9.17, 15) is 18.5 Å². The lowest BCUT2D eigenvalue weighted by Crippen LogP contribution is -2.53. The molecule has 1 aromatic rings. The number of nitrogens with zero attached hydrogens (tertiary/aromatic N) is 2. The third-order valence-electron chi connectivity index (χ3n) is 6.19. The van der Waals surface area contributed by atoms with Crippen LogP contribution in [0.25, 0.3) is 0 Å². The maximum Gasteiger partial charge on any atom is 0.262 e. The van der Waals surface area contributed by atoms with E-state index in [1.54, 1.807) is 36.9 Å². The van der Waals surface area contributed by atoms with Crippen molar-refractivity contribution in [1.29, 1.82) is 5.26 Å². The van der Waals surface area contributed by atoms with Gasteiger partial charge < -0.3 is 5.32 Å². The topological polar surface area (TPSA) is 111 Å². The Balaban J connectivity index is 1.78. The Labute approximate surface area is 195 Å². The molecule has 174 valence electrons. The lowest BCUT2D eigenvalue weighted by Gasteiger charge is -2.33. The Bertz CT molecular complexity index is 945. The van der Waals surface area contributed by atoms with Crippen molar-refractivity contribution < 1.29 is 13.2 Å². The van der Waals surface area contributed by atoms with Gasteiger partial charge in [-0.1, -0.05) is 50.3 Å². The summed E-state index contributed by atoms with van der Waals surface area (Å²) in [7, 11) is -3.78. The number of carbonyl (C=O) groups excluding carboxylic acids is 1. The molecule has 2 fully saturated rings. The van der Waals surface area contributed by atoms with Gasteiger partial charge in [0.1, 0.15) is 17.4 Å². The molecule has 0 bridgehead atoms. The zero-order chi connectivity index (χ0) is 23.0. The van der Waals surface area contributed by atoms with Crippen molar-refractivity contribution in [2.24, 2.45) is 10.9 Å². The minimum atomic E-state index is -3.78. The average Bonchev–Trinajstić information content (AvgIpc) is 2.80. The van der Waals surface area contributed by atoms with Gasteiger partial charge in [-0.25, -0.2) is 8.42 Å². The van der Waals surface area contributed by atoms with Gasteiger partial charge in [0.2, 0.25) is 5.91 Å². The van der Waals surface area contributed by atoms with Gasteiger partial charge in [-0.2, -0.15) is 17.0 Å². The summed E-state index contributed by atoms with van der Waals surface area (Å²) in [5.41, 5.74) is -0.861. The number of rotatable bonds is 7. The minimum absolute atomic E-state index is 0.144. The smallest absolute Gasteiger partial charge is 0.262 e. The van der Waals surface area contributed by atoms with Gasteiger partial charge >= 0.3 is 0 Å². The second-order valence-corrected chi connectivity index (χ2v) is 11.6. The second-order valence-electron chi connectivity index (χ2n) is 8.68. The first kappa shape index (κ1) is 24.6. The van der Waals surface area contributed by atoms with E-state index in [0.29, 0.717) is 25.2 Å². The maximum atomic E-state index is 13.3. The van der Waals surface area contributed by atoms with Crippen molar-refractivity contribution in [1.82, 2.24) is 10.0 Å². The normalized spacial score (nSPS) is 20.7. The van der Waals surface area contributed by atoms with Crippen molar-refractivity contribution in [2.75, 3.05) is 11.5 Å². The van der Waals surface area contributed by atoms with E-state index in [1.165, 1.54) is 18.6 Å². The number of aliphatic imine (C=N–C) groups is 1. The number of sulfonamides is 1. The highest BCUT2D eigenvalue weighted by atomic mass is 32.2. The number of carbonyl (C=O) groups is 1. The largest absolute Gasteiger partial charge is 0.336 e. The van der Waals surface area contributed by atoms with E-state index in [0.717, 1.165) is 37.2 Å². The van der Waals surface area contributed by atoms with Crippen LogP contribution in [0.2, 0.25) is 0 Å². The summed E-state index contributed by atoms with van der Waals surface area (Å²) < 4.78 is 27.8. The Hall–Kier alpha value is -2.05. The summed E-state index contributed by atoms with van der Waals surface area (Å²) in [5, 5.41) is 12.7. The van der Waals surface area contributed by atoms with E-state index in [4.69, 9.17) is 0 Å². The fourth-order valence-corrected chi connectivity index (χ4v) is 6.64. The zero-order valence-electron chi connectivity index (χ0n) is 18.5.